The van der Waals surface area contributed by atoms with Gasteiger partial charge in [-0.2, -0.15) is 0 Å². The molecule has 0 aromatic heterocycles. The summed E-state index contributed by atoms with van der Waals surface area (Å²) in [6.45, 7) is 2.59. The second-order valence-corrected chi connectivity index (χ2v) is 5.98. The fourth-order valence-corrected chi connectivity index (χ4v) is 2.65. The van der Waals surface area contributed by atoms with Crippen molar-refractivity contribution in [2.24, 2.45) is 0 Å². The first-order chi connectivity index (χ1) is 11.9. The summed E-state index contributed by atoms with van der Waals surface area (Å²) in [4.78, 5) is 37.8. The molecule has 0 aliphatic carbocycles. The van der Waals surface area contributed by atoms with Crippen LogP contribution in [-0.4, -0.2) is 56.5 Å². The highest BCUT2D eigenvalue weighted by atomic mass is 16.5. The number of ether oxygens (including phenoxy) is 1. The van der Waals surface area contributed by atoms with Gasteiger partial charge in [-0.1, -0.05) is 12.1 Å². The molecule has 0 bridgehead atoms. The molecule has 8 heteroatoms. The Balaban J connectivity index is 2.04. The van der Waals surface area contributed by atoms with Crippen molar-refractivity contribution in [3.05, 3.63) is 29.8 Å². The van der Waals surface area contributed by atoms with E-state index in [1.54, 1.807) is 38.3 Å². The monoisotopic (exact) mass is 348 g/mol. The maximum Gasteiger partial charge on any atom is 0.325 e. The lowest BCUT2D eigenvalue weighted by Crippen LogP contribution is -2.43. The molecule has 0 saturated carbocycles. The molecule has 136 valence electrons. The lowest BCUT2D eigenvalue weighted by atomic mass is 9.92. The zero-order chi connectivity index (χ0) is 18.4. The number of hydrogen-bond acceptors (Lipinski definition) is 5. The fraction of sp³-hybridized carbons (Fsp3) is 0.471. The Morgan fingerprint density at radius 2 is 1.92 bits per heavy atom. The van der Waals surface area contributed by atoms with Crippen molar-refractivity contribution >= 4 is 17.8 Å². The van der Waals surface area contributed by atoms with E-state index in [1.807, 2.05) is 7.05 Å². The molecule has 1 aromatic carbocycles. The summed E-state index contributed by atoms with van der Waals surface area (Å²) in [6, 6.07) is 6.30. The standard InChI is InChI=1S/C17H24N4O4/c1-17(12-5-7-13(25-3)8-6-12)15(23)21(16(24)20-17)11-14(22)19-10-4-9-18-2/h5-8,18H,4,9-11H2,1-3H3,(H,19,22)(H,20,24). The van der Waals surface area contributed by atoms with Gasteiger partial charge in [0.05, 0.1) is 7.11 Å². The van der Waals surface area contributed by atoms with E-state index in [0.717, 1.165) is 17.9 Å². The van der Waals surface area contributed by atoms with Crippen LogP contribution in [-0.2, 0) is 15.1 Å². The van der Waals surface area contributed by atoms with E-state index in [-0.39, 0.29) is 12.5 Å². The molecule has 1 atom stereocenters. The van der Waals surface area contributed by atoms with Gasteiger partial charge in [-0.25, -0.2) is 4.79 Å². The van der Waals surface area contributed by atoms with Gasteiger partial charge in [0.2, 0.25) is 5.91 Å². The molecule has 8 nitrogen and oxygen atoms in total. The molecule has 1 aliphatic heterocycles. The molecule has 1 aliphatic rings. The summed E-state index contributed by atoms with van der Waals surface area (Å²) in [6.07, 6.45) is 0.770. The van der Waals surface area contributed by atoms with Crippen LogP contribution < -0.4 is 20.7 Å². The number of carbonyl (C=O) groups excluding carboxylic acids is 3. The van der Waals surface area contributed by atoms with E-state index >= 15 is 0 Å². The molecule has 1 saturated heterocycles. The van der Waals surface area contributed by atoms with Crippen LogP contribution in [0, 0.1) is 0 Å². The van der Waals surface area contributed by atoms with Crippen LogP contribution in [0.5, 0.6) is 5.75 Å². The topological polar surface area (TPSA) is 99.8 Å². The van der Waals surface area contributed by atoms with Crippen LogP contribution >= 0.6 is 0 Å². The van der Waals surface area contributed by atoms with Gasteiger partial charge in [-0.15, -0.1) is 0 Å². The maximum atomic E-state index is 12.7. The van der Waals surface area contributed by atoms with Gasteiger partial charge >= 0.3 is 6.03 Å². The highest BCUT2D eigenvalue weighted by molar-refractivity contribution is 6.09. The molecular formula is C17H24N4O4. The average Bonchev–Trinajstić information content (AvgIpc) is 2.83. The van der Waals surface area contributed by atoms with Crippen LogP contribution in [0.3, 0.4) is 0 Å². The summed E-state index contributed by atoms with van der Waals surface area (Å²) < 4.78 is 5.10. The van der Waals surface area contributed by atoms with Crippen molar-refractivity contribution < 1.29 is 19.1 Å². The molecule has 2 rings (SSSR count). The van der Waals surface area contributed by atoms with Crippen molar-refractivity contribution in [3.8, 4) is 5.75 Å². The third kappa shape index (κ3) is 4.08. The minimum absolute atomic E-state index is 0.296. The number of rotatable bonds is 8. The molecule has 4 amide bonds. The molecule has 1 heterocycles. The first kappa shape index (κ1) is 18.7. The van der Waals surface area contributed by atoms with Gasteiger partial charge in [0.1, 0.15) is 17.8 Å². The number of nitrogens with zero attached hydrogens (tertiary/aromatic N) is 1. The Morgan fingerprint density at radius 1 is 1.24 bits per heavy atom. The Labute approximate surface area is 146 Å². The van der Waals surface area contributed by atoms with Gasteiger partial charge in [-0.05, 0) is 44.6 Å². The lowest BCUT2D eigenvalue weighted by molar-refractivity contribution is -0.134. The van der Waals surface area contributed by atoms with Gasteiger partial charge in [0, 0.05) is 6.54 Å². The summed E-state index contributed by atoms with van der Waals surface area (Å²) in [5, 5.41) is 8.35. The Hall–Kier alpha value is -2.61. The van der Waals surface area contributed by atoms with Crippen LogP contribution in [0.4, 0.5) is 4.79 Å². The second kappa shape index (κ2) is 7.98. The number of nitrogens with one attached hydrogen (secondary N) is 3. The number of hydrogen-bond donors (Lipinski definition) is 3. The smallest absolute Gasteiger partial charge is 0.325 e. The first-order valence-corrected chi connectivity index (χ1v) is 8.12. The van der Waals surface area contributed by atoms with Crippen molar-refractivity contribution in [1.82, 2.24) is 20.9 Å². The molecule has 1 unspecified atom stereocenters. The summed E-state index contributed by atoms with van der Waals surface area (Å²) in [5.41, 5.74) is -0.570. The molecular weight excluding hydrogens is 324 g/mol. The number of urea groups is 1. The van der Waals surface area contributed by atoms with Gasteiger partial charge < -0.3 is 20.7 Å². The van der Waals surface area contributed by atoms with E-state index in [0.29, 0.717) is 17.9 Å². The molecule has 0 spiro atoms. The number of carbonyl (C=O) groups is 3. The molecule has 0 radical (unpaired) electrons. The highest BCUT2D eigenvalue weighted by Crippen LogP contribution is 2.29. The maximum absolute atomic E-state index is 12.7. The predicted octanol–water partition coefficient (Wildman–Crippen LogP) is 0.188. The van der Waals surface area contributed by atoms with Crippen molar-refractivity contribution in [1.29, 1.82) is 0 Å². The predicted molar refractivity (Wildman–Crippen MR) is 92.1 cm³/mol. The molecule has 1 aromatic rings. The van der Waals surface area contributed by atoms with Gasteiger partial charge in [-0.3, -0.25) is 14.5 Å². The zero-order valence-electron chi connectivity index (χ0n) is 14.7. The van der Waals surface area contributed by atoms with E-state index in [9.17, 15) is 14.4 Å². The van der Waals surface area contributed by atoms with Gasteiger partial charge in [0.15, 0.2) is 0 Å². The highest BCUT2D eigenvalue weighted by Gasteiger charge is 2.49. The van der Waals surface area contributed by atoms with Crippen LogP contribution in [0.25, 0.3) is 0 Å². The van der Waals surface area contributed by atoms with E-state index in [4.69, 9.17) is 4.74 Å². The van der Waals surface area contributed by atoms with Crippen molar-refractivity contribution in [3.63, 3.8) is 0 Å². The van der Waals surface area contributed by atoms with E-state index in [1.165, 1.54) is 0 Å². The first-order valence-electron chi connectivity index (χ1n) is 8.12. The second-order valence-electron chi connectivity index (χ2n) is 5.98. The minimum atomic E-state index is -1.20. The molecule has 25 heavy (non-hydrogen) atoms. The zero-order valence-corrected chi connectivity index (χ0v) is 14.7. The molecule has 3 N–H and O–H groups in total. The fourth-order valence-electron chi connectivity index (χ4n) is 2.65. The van der Waals surface area contributed by atoms with Crippen LogP contribution in [0.2, 0.25) is 0 Å². The Morgan fingerprint density at radius 3 is 2.52 bits per heavy atom. The molecule has 1 fully saturated rings. The quantitative estimate of drug-likeness (QED) is 0.460. The minimum Gasteiger partial charge on any atom is -0.497 e. The summed E-state index contributed by atoms with van der Waals surface area (Å²) in [7, 11) is 3.38. The number of methoxy groups -OCH3 is 1. The van der Waals surface area contributed by atoms with Crippen molar-refractivity contribution in [2.75, 3.05) is 33.8 Å². The summed E-state index contributed by atoms with van der Waals surface area (Å²) >= 11 is 0. The van der Waals surface area contributed by atoms with Crippen molar-refractivity contribution in [2.45, 2.75) is 18.9 Å². The number of imide groups is 1. The summed E-state index contributed by atoms with van der Waals surface area (Å²) in [5.74, 6) is -0.159. The van der Waals surface area contributed by atoms with E-state index in [2.05, 4.69) is 16.0 Å². The lowest BCUT2D eigenvalue weighted by Gasteiger charge is -2.22. The third-order valence-electron chi connectivity index (χ3n) is 4.17. The van der Waals surface area contributed by atoms with Crippen LogP contribution in [0.1, 0.15) is 18.9 Å². The van der Waals surface area contributed by atoms with E-state index < -0.39 is 17.5 Å². The van der Waals surface area contributed by atoms with Crippen LogP contribution in [0.15, 0.2) is 24.3 Å². The third-order valence-corrected chi connectivity index (χ3v) is 4.17. The SMILES string of the molecule is CNCCCNC(=O)CN1C(=O)NC(C)(c2ccc(OC)cc2)C1=O. The normalized spacial score (nSPS) is 19.7. The largest absolute Gasteiger partial charge is 0.497 e. The average molecular weight is 348 g/mol. The van der Waals surface area contributed by atoms with Gasteiger partial charge in [0.25, 0.3) is 5.91 Å². The number of benzene rings is 1. The Bertz CT molecular complexity index is 647. The number of amides is 4. The Kier molecular flexibility index (Phi) is 5.97.